The molecule has 0 aliphatic heterocycles. The van der Waals surface area contributed by atoms with E-state index in [2.05, 4.69) is 0 Å². The quantitative estimate of drug-likeness (QED) is 0.816. The largest absolute Gasteiger partial charge is 0.481 e. The highest BCUT2D eigenvalue weighted by Crippen LogP contribution is 2.40. The second kappa shape index (κ2) is 5.95. The van der Waals surface area contributed by atoms with Crippen LogP contribution >= 0.6 is 0 Å². The van der Waals surface area contributed by atoms with Crippen LogP contribution in [-0.4, -0.2) is 40.0 Å². The highest BCUT2D eigenvalue weighted by Gasteiger charge is 2.48. The lowest BCUT2D eigenvalue weighted by atomic mass is 9.71. The third-order valence-corrected chi connectivity index (χ3v) is 5.43. The van der Waals surface area contributed by atoms with Crippen LogP contribution in [0.2, 0.25) is 0 Å². The summed E-state index contributed by atoms with van der Waals surface area (Å²) in [6.45, 7) is 7.35. The topological polar surface area (TPSA) is 83.6 Å². The van der Waals surface area contributed by atoms with Crippen molar-refractivity contribution in [2.24, 2.45) is 11.1 Å². The van der Waals surface area contributed by atoms with Gasteiger partial charge in [-0.3, -0.25) is 9.59 Å². The van der Waals surface area contributed by atoms with E-state index in [1.807, 2.05) is 27.7 Å². The Morgan fingerprint density at radius 3 is 2.00 bits per heavy atom. The minimum absolute atomic E-state index is 0.0102. The molecule has 0 atom stereocenters. The summed E-state index contributed by atoms with van der Waals surface area (Å²) in [5.41, 5.74) is 4.18. The zero-order chi connectivity index (χ0) is 16.5. The molecule has 5 nitrogen and oxygen atoms in total. The number of hydrogen-bond donors (Lipinski definition) is 2. The first-order valence-electron chi connectivity index (χ1n) is 7.73. The molecule has 0 aromatic rings. The van der Waals surface area contributed by atoms with E-state index in [4.69, 9.17) is 5.73 Å². The van der Waals surface area contributed by atoms with Crippen LogP contribution in [0.1, 0.15) is 66.2 Å². The summed E-state index contributed by atoms with van der Waals surface area (Å²) in [6.07, 6.45) is 4.56. The molecule has 1 aliphatic rings. The van der Waals surface area contributed by atoms with Crippen molar-refractivity contribution in [2.45, 2.75) is 77.3 Å². The Hall–Kier alpha value is -1.10. The van der Waals surface area contributed by atoms with Crippen molar-refractivity contribution in [1.82, 2.24) is 4.90 Å². The summed E-state index contributed by atoms with van der Waals surface area (Å²) in [5, 5.41) is 9.26. The van der Waals surface area contributed by atoms with Crippen LogP contribution in [0.15, 0.2) is 0 Å². The van der Waals surface area contributed by atoms with E-state index in [9.17, 15) is 14.7 Å². The molecule has 21 heavy (non-hydrogen) atoms. The Bertz CT molecular complexity index is 404. The molecule has 3 N–H and O–H groups in total. The van der Waals surface area contributed by atoms with Gasteiger partial charge in [-0.1, -0.05) is 19.3 Å². The Morgan fingerprint density at radius 2 is 1.62 bits per heavy atom. The standard InChI is InChI=1S/C16H30N2O3/c1-14(2,15(3,4)17)13(21)18(5)16(11-12(19)20)9-7-6-8-10-16/h6-11,17H2,1-5H3,(H,19,20). The maximum Gasteiger partial charge on any atom is 0.305 e. The molecule has 122 valence electrons. The first kappa shape index (κ1) is 18.0. The van der Waals surface area contributed by atoms with E-state index in [1.54, 1.807) is 11.9 Å². The number of carbonyl (C=O) groups is 2. The molecule has 0 aromatic carbocycles. The number of amides is 1. The Kier molecular flexibility index (Phi) is 5.09. The van der Waals surface area contributed by atoms with Gasteiger partial charge in [0.1, 0.15) is 0 Å². The van der Waals surface area contributed by atoms with Crippen molar-refractivity contribution in [2.75, 3.05) is 7.05 Å². The normalized spacial score (nSPS) is 19.1. The van der Waals surface area contributed by atoms with Gasteiger partial charge in [-0.2, -0.15) is 0 Å². The van der Waals surface area contributed by atoms with Crippen molar-refractivity contribution in [3.8, 4) is 0 Å². The summed E-state index contributed by atoms with van der Waals surface area (Å²) >= 11 is 0. The predicted molar refractivity (Wildman–Crippen MR) is 82.9 cm³/mol. The summed E-state index contributed by atoms with van der Waals surface area (Å²) < 4.78 is 0. The summed E-state index contributed by atoms with van der Waals surface area (Å²) in [7, 11) is 1.74. The summed E-state index contributed by atoms with van der Waals surface area (Å²) in [4.78, 5) is 25.9. The van der Waals surface area contributed by atoms with Crippen molar-refractivity contribution in [3.63, 3.8) is 0 Å². The van der Waals surface area contributed by atoms with Crippen LogP contribution in [-0.2, 0) is 9.59 Å². The van der Waals surface area contributed by atoms with Gasteiger partial charge in [0.05, 0.1) is 17.4 Å². The third-order valence-electron chi connectivity index (χ3n) is 5.43. The Labute approximate surface area is 127 Å². The molecular weight excluding hydrogens is 268 g/mol. The van der Waals surface area contributed by atoms with Crippen LogP contribution in [0.3, 0.4) is 0 Å². The molecule has 1 saturated carbocycles. The average Bonchev–Trinajstić information content (AvgIpc) is 2.35. The zero-order valence-corrected chi connectivity index (χ0v) is 14.0. The maximum absolute atomic E-state index is 13.0. The number of hydrogen-bond acceptors (Lipinski definition) is 3. The summed E-state index contributed by atoms with van der Waals surface area (Å²) in [5.74, 6) is -0.917. The molecule has 0 bridgehead atoms. The molecule has 1 aliphatic carbocycles. The van der Waals surface area contributed by atoms with E-state index < -0.39 is 22.5 Å². The molecular formula is C16H30N2O3. The van der Waals surface area contributed by atoms with Crippen molar-refractivity contribution in [1.29, 1.82) is 0 Å². The predicted octanol–water partition coefficient (Wildman–Crippen LogP) is 2.39. The van der Waals surface area contributed by atoms with Crippen LogP contribution < -0.4 is 5.73 Å². The highest BCUT2D eigenvalue weighted by atomic mass is 16.4. The monoisotopic (exact) mass is 298 g/mol. The molecule has 0 unspecified atom stereocenters. The third kappa shape index (κ3) is 3.57. The van der Waals surface area contributed by atoms with Crippen LogP contribution in [0, 0.1) is 5.41 Å². The minimum Gasteiger partial charge on any atom is -0.481 e. The molecule has 5 heteroatoms. The van der Waals surface area contributed by atoms with Crippen LogP contribution in [0.25, 0.3) is 0 Å². The number of rotatable bonds is 5. The van der Waals surface area contributed by atoms with Gasteiger partial charge in [-0.25, -0.2) is 0 Å². The lowest BCUT2D eigenvalue weighted by Crippen LogP contribution is -2.61. The van der Waals surface area contributed by atoms with Gasteiger partial charge in [0.2, 0.25) is 5.91 Å². The SMILES string of the molecule is CN(C(=O)C(C)(C)C(C)(C)N)C1(CC(=O)O)CCCCC1. The zero-order valence-electron chi connectivity index (χ0n) is 14.0. The molecule has 0 saturated heterocycles. The van der Waals surface area contributed by atoms with Gasteiger partial charge < -0.3 is 15.7 Å². The molecule has 1 rings (SSSR count). The maximum atomic E-state index is 13.0. The van der Waals surface area contributed by atoms with Gasteiger partial charge in [0.15, 0.2) is 0 Å². The van der Waals surface area contributed by atoms with Gasteiger partial charge in [-0.15, -0.1) is 0 Å². The van der Waals surface area contributed by atoms with E-state index in [0.29, 0.717) is 0 Å². The number of nitrogens with two attached hydrogens (primary N) is 1. The minimum atomic E-state index is -0.846. The first-order chi connectivity index (χ1) is 9.44. The molecule has 0 radical (unpaired) electrons. The van der Waals surface area contributed by atoms with Crippen molar-refractivity contribution >= 4 is 11.9 Å². The summed E-state index contributed by atoms with van der Waals surface area (Å²) in [6, 6.07) is 0. The van der Waals surface area contributed by atoms with E-state index in [0.717, 1.165) is 32.1 Å². The molecule has 0 heterocycles. The van der Waals surface area contributed by atoms with Gasteiger partial charge in [-0.05, 0) is 40.5 Å². The highest BCUT2D eigenvalue weighted by molar-refractivity contribution is 5.84. The lowest BCUT2D eigenvalue weighted by molar-refractivity contribution is -0.153. The second-order valence-electron chi connectivity index (χ2n) is 7.57. The van der Waals surface area contributed by atoms with E-state index >= 15 is 0 Å². The molecule has 0 aromatic heterocycles. The van der Waals surface area contributed by atoms with Crippen LogP contribution in [0.5, 0.6) is 0 Å². The molecule has 0 spiro atoms. The number of carbonyl (C=O) groups excluding carboxylic acids is 1. The molecule has 1 amide bonds. The van der Waals surface area contributed by atoms with E-state index in [1.165, 1.54) is 0 Å². The van der Waals surface area contributed by atoms with Gasteiger partial charge in [0, 0.05) is 12.6 Å². The Morgan fingerprint density at radius 1 is 1.14 bits per heavy atom. The number of carboxylic acid groups (broad SMARTS) is 1. The van der Waals surface area contributed by atoms with Gasteiger partial charge >= 0.3 is 5.97 Å². The Balaban J connectivity index is 3.08. The molecule has 1 fully saturated rings. The fourth-order valence-corrected chi connectivity index (χ4v) is 3.03. The van der Waals surface area contributed by atoms with Crippen molar-refractivity contribution < 1.29 is 14.7 Å². The van der Waals surface area contributed by atoms with Crippen LogP contribution in [0.4, 0.5) is 0 Å². The van der Waals surface area contributed by atoms with Crippen molar-refractivity contribution in [3.05, 3.63) is 0 Å². The number of nitrogens with zero attached hydrogens (tertiary/aromatic N) is 1. The average molecular weight is 298 g/mol. The number of carboxylic acids is 1. The van der Waals surface area contributed by atoms with E-state index in [-0.39, 0.29) is 12.3 Å². The second-order valence-corrected chi connectivity index (χ2v) is 7.57. The first-order valence-corrected chi connectivity index (χ1v) is 7.73. The fraction of sp³-hybridized carbons (Fsp3) is 0.875. The van der Waals surface area contributed by atoms with Gasteiger partial charge in [0.25, 0.3) is 0 Å². The fourth-order valence-electron chi connectivity index (χ4n) is 3.03. The smallest absolute Gasteiger partial charge is 0.305 e. The number of aliphatic carboxylic acids is 1. The lowest BCUT2D eigenvalue weighted by Gasteiger charge is -2.49.